The van der Waals surface area contributed by atoms with Crippen molar-refractivity contribution in [1.29, 1.82) is 0 Å². The first-order valence-corrected chi connectivity index (χ1v) is 5.48. The van der Waals surface area contributed by atoms with Crippen molar-refractivity contribution >= 4 is 10.9 Å². The maximum absolute atomic E-state index is 5.57. The second-order valence-corrected chi connectivity index (χ2v) is 4.64. The molecule has 1 aliphatic rings. The number of rotatable bonds is 2. The van der Waals surface area contributed by atoms with E-state index >= 15 is 0 Å². The van der Waals surface area contributed by atoms with Crippen molar-refractivity contribution in [2.45, 2.75) is 24.7 Å². The molecule has 0 aromatic rings. The monoisotopic (exact) mass is 159 g/mol. The lowest BCUT2D eigenvalue weighted by molar-refractivity contribution is 0.0713. The minimum Gasteiger partial charge on any atom is -0.333 e. The van der Waals surface area contributed by atoms with Crippen molar-refractivity contribution < 1.29 is 4.74 Å². The molecule has 0 spiro atoms. The zero-order chi connectivity index (χ0) is 7.40. The molecular formula is C8H15OS+. The first-order valence-electron chi connectivity index (χ1n) is 3.72. The van der Waals surface area contributed by atoms with Crippen LogP contribution in [0.4, 0.5) is 0 Å². The minimum absolute atomic E-state index is 0.278. The van der Waals surface area contributed by atoms with Crippen LogP contribution in [0.5, 0.6) is 0 Å². The van der Waals surface area contributed by atoms with Crippen molar-refractivity contribution in [1.82, 2.24) is 0 Å². The molecule has 1 nitrogen and oxygen atoms in total. The Morgan fingerprint density at radius 3 is 2.90 bits per heavy atom. The van der Waals surface area contributed by atoms with Crippen LogP contribution >= 0.6 is 0 Å². The van der Waals surface area contributed by atoms with Crippen LogP contribution in [0, 0.1) is 0 Å². The van der Waals surface area contributed by atoms with E-state index in [4.69, 9.17) is 4.74 Å². The summed E-state index contributed by atoms with van der Waals surface area (Å²) in [4.78, 5) is 0. The zero-order valence-electron chi connectivity index (χ0n) is 6.51. The predicted molar refractivity (Wildman–Crippen MR) is 47.1 cm³/mol. The average Bonchev–Trinajstić information content (AvgIpc) is 2.05. The quantitative estimate of drug-likeness (QED) is 0.559. The summed E-state index contributed by atoms with van der Waals surface area (Å²) < 4.78 is 5.57. The van der Waals surface area contributed by atoms with Crippen LogP contribution in [0.1, 0.15) is 19.3 Å². The summed E-state index contributed by atoms with van der Waals surface area (Å²) in [7, 11) is 0.278. The molecule has 0 amide bonds. The van der Waals surface area contributed by atoms with Crippen molar-refractivity contribution in [2.75, 3.05) is 12.9 Å². The van der Waals surface area contributed by atoms with Gasteiger partial charge in [0.25, 0.3) is 0 Å². The van der Waals surface area contributed by atoms with Gasteiger partial charge in [-0.05, 0) is 12.8 Å². The number of hydrogen-bond acceptors (Lipinski definition) is 1. The average molecular weight is 159 g/mol. The topological polar surface area (TPSA) is 9.23 Å². The van der Waals surface area contributed by atoms with E-state index in [2.05, 4.69) is 12.8 Å². The summed E-state index contributed by atoms with van der Waals surface area (Å²) >= 11 is 0. The molecule has 0 radical (unpaired) electrons. The molecule has 0 N–H and O–H groups in total. The Hall–Kier alpha value is 0.0500. The van der Waals surface area contributed by atoms with Gasteiger partial charge in [-0.2, -0.15) is 0 Å². The van der Waals surface area contributed by atoms with Crippen LogP contribution in [0.2, 0.25) is 0 Å². The first-order chi connectivity index (χ1) is 4.84. The second kappa shape index (κ2) is 4.04. The van der Waals surface area contributed by atoms with Gasteiger partial charge in [0.05, 0.1) is 6.61 Å². The molecule has 2 atom stereocenters. The summed E-state index contributed by atoms with van der Waals surface area (Å²) in [5.41, 5.74) is 0.478. The lowest BCUT2D eigenvalue weighted by Gasteiger charge is -2.18. The van der Waals surface area contributed by atoms with E-state index in [-0.39, 0.29) is 10.9 Å². The Kier molecular flexibility index (Phi) is 3.29. The highest BCUT2D eigenvalue weighted by atomic mass is 32.2. The molecule has 10 heavy (non-hydrogen) atoms. The third-order valence-electron chi connectivity index (χ3n) is 1.82. The van der Waals surface area contributed by atoms with Crippen LogP contribution in [-0.2, 0) is 15.6 Å². The van der Waals surface area contributed by atoms with Gasteiger partial charge in [0.1, 0.15) is 11.7 Å². The largest absolute Gasteiger partial charge is 0.333 e. The first kappa shape index (κ1) is 8.15. The van der Waals surface area contributed by atoms with Crippen LogP contribution in [0.25, 0.3) is 0 Å². The fourth-order valence-corrected chi connectivity index (χ4v) is 2.18. The molecule has 1 fully saturated rings. The van der Waals surface area contributed by atoms with Gasteiger partial charge < -0.3 is 4.74 Å². The van der Waals surface area contributed by atoms with Gasteiger partial charge in [-0.15, -0.1) is 0 Å². The van der Waals surface area contributed by atoms with Crippen LogP contribution in [-0.4, -0.2) is 18.3 Å². The molecule has 0 aromatic heterocycles. The van der Waals surface area contributed by atoms with Crippen molar-refractivity contribution in [3.05, 3.63) is 12.0 Å². The maximum Gasteiger partial charge on any atom is 0.222 e. The van der Waals surface area contributed by atoms with Crippen LogP contribution in [0.15, 0.2) is 12.0 Å². The molecule has 1 heterocycles. The molecule has 0 aromatic carbocycles. The van der Waals surface area contributed by atoms with Gasteiger partial charge in [-0.25, -0.2) is 0 Å². The number of hydrogen-bond donors (Lipinski definition) is 0. The smallest absolute Gasteiger partial charge is 0.222 e. The van der Waals surface area contributed by atoms with Crippen molar-refractivity contribution in [3.8, 4) is 0 Å². The predicted octanol–water partition coefficient (Wildman–Crippen LogP) is 1.90. The van der Waals surface area contributed by atoms with Gasteiger partial charge in [-0.1, -0.05) is 6.58 Å². The Morgan fingerprint density at radius 2 is 2.40 bits per heavy atom. The molecule has 1 aliphatic heterocycles. The minimum atomic E-state index is 0.278. The van der Waals surface area contributed by atoms with Gasteiger partial charge in [0, 0.05) is 17.3 Å². The summed E-state index contributed by atoms with van der Waals surface area (Å²) in [6.45, 7) is 4.72. The third kappa shape index (κ3) is 2.03. The van der Waals surface area contributed by atoms with E-state index in [1.54, 1.807) is 0 Å². The van der Waals surface area contributed by atoms with Gasteiger partial charge in [0.2, 0.25) is 5.44 Å². The number of ether oxygens (including phenoxy) is 1. The third-order valence-corrected chi connectivity index (χ3v) is 3.54. The lowest BCUT2D eigenvalue weighted by atomic mass is 10.2. The van der Waals surface area contributed by atoms with E-state index in [1.807, 2.05) is 5.41 Å². The fourth-order valence-electron chi connectivity index (χ4n) is 1.11. The molecule has 2 unspecified atom stereocenters. The Balaban J connectivity index is 2.30. The molecule has 1 saturated heterocycles. The lowest BCUT2D eigenvalue weighted by Crippen LogP contribution is -2.25. The maximum atomic E-state index is 5.57. The Labute approximate surface area is 65.8 Å². The van der Waals surface area contributed by atoms with E-state index in [0.717, 1.165) is 6.61 Å². The fraction of sp³-hybridized carbons (Fsp3) is 0.750. The SMILES string of the molecule is C=C[S+](C)C1CCCCO1. The molecule has 2 heteroatoms. The standard InChI is InChI=1S/C8H15OS/c1-3-10(2)8-6-4-5-7-9-8/h3,8H,1,4-7H2,2H3/q+1. The molecule has 0 saturated carbocycles. The summed E-state index contributed by atoms with van der Waals surface area (Å²) in [5, 5.41) is 2.01. The normalized spacial score (nSPS) is 29.5. The van der Waals surface area contributed by atoms with Gasteiger partial charge >= 0.3 is 0 Å². The highest BCUT2D eigenvalue weighted by Crippen LogP contribution is 2.18. The highest BCUT2D eigenvalue weighted by molar-refractivity contribution is 7.99. The molecule has 0 aliphatic carbocycles. The molecular weight excluding hydrogens is 144 g/mol. The molecule has 0 bridgehead atoms. The van der Waals surface area contributed by atoms with Crippen LogP contribution < -0.4 is 0 Å². The van der Waals surface area contributed by atoms with E-state index < -0.39 is 0 Å². The van der Waals surface area contributed by atoms with Crippen molar-refractivity contribution in [3.63, 3.8) is 0 Å². The second-order valence-electron chi connectivity index (χ2n) is 2.57. The van der Waals surface area contributed by atoms with Gasteiger partial charge in [-0.3, -0.25) is 0 Å². The van der Waals surface area contributed by atoms with Crippen molar-refractivity contribution in [2.24, 2.45) is 0 Å². The summed E-state index contributed by atoms with van der Waals surface area (Å²) in [5.74, 6) is 0. The summed E-state index contributed by atoms with van der Waals surface area (Å²) in [6, 6.07) is 0. The highest BCUT2D eigenvalue weighted by Gasteiger charge is 2.25. The Morgan fingerprint density at radius 1 is 1.60 bits per heavy atom. The zero-order valence-corrected chi connectivity index (χ0v) is 7.32. The summed E-state index contributed by atoms with van der Waals surface area (Å²) in [6.07, 6.45) is 6.00. The van der Waals surface area contributed by atoms with Gasteiger partial charge in [0.15, 0.2) is 0 Å². The van der Waals surface area contributed by atoms with E-state index in [9.17, 15) is 0 Å². The molecule has 58 valence electrons. The van der Waals surface area contributed by atoms with Crippen LogP contribution in [0.3, 0.4) is 0 Å². The Bertz CT molecular complexity index is 108. The van der Waals surface area contributed by atoms with E-state index in [0.29, 0.717) is 5.44 Å². The molecule has 1 rings (SSSR count). The van der Waals surface area contributed by atoms with E-state index in [1.165, 1.54) is 19.3 Å².